The van der Waals surface area contributed by atoms with Gasteiger partial charge in [-0.3, -0.25) is 5.10 Å². The minimum absolute atomic E-state index is 0. The van der Waals surface area contributed by atoms with Gasteiger partial charge in [0.1, 0.15) is 5.01 Å². The van der Waals surface area contributed by atoms with E-state index in [1.54, 1.807) is 17.5 Å². The Kier molecular flexibility index (Phi) is 8.03. The molecule has 0 saturated heterocycles. The number of aryl methyl sites for hydroxylation is 1. The highest BCUT2D eigenvalue weighted by Gasteiger charge is 2.26. The van der Waals surface area contributed by atoms with Gasteiger partial charge >= 0.3 is 0 Å². The molecule has 0 amide bonds. The molecular formula is C21H28N8S2. The largest absolute Gasteiger partial charge is 0.383 e. The number of aromatic amines is 1. The van der Waals surface area contributed by atoms with Gasteiger partial charge in [0.2, 0.25) is 0 Å². The summed E-state index contributed by atoms with van der Waals surface area (Å²) in [6.07, 6.45) is 7.38. The summed E-state index contributed by atoms with van der Waals surface area (Å²) in [6.45, 7) is 3.13. The van der Waals surface area contributed by atoms with Crippen molar-refractivity contribution in [1.29, 1.82) is 16.1 Å². The molecular weight excluding hydrogens is 428 g/mol. The summed E-state index contributed by atoms with van der Waals surface area (Å²) in [6, 6.07) is 3.85. The summed E-state index contributed by atoms with van der Waals surface area (Å²) in [4.78, 5) is 4.84. The molecule has 0 unspecified atom stereocenters. The van der Waals surface area contributed by atoms with Crippen molar-refractivity contribution < 1.29 is 1.43 Å². The maximum atomic E-state index is 7.99. The number of fused-ring (bicyclic) bond motifs is 1. The van der Waals surface area contributed by atoms with Crippen LogP contribution < -0.4 is 5.32 Å². The van der Waals surface area contributed by atoms with Gasteiger partial charge in [0.05, 0.1) is 33.5 Å². The fraction of sp³-hybridized carbons (Fsp3) is 0.381. The van der Waals surface area contributed by atoms with Crippen molar-refractivity contribution in [2.24, 2.45) is 7.05 Å². The molecule has 1 aliphatic rings. The molecule has 4 rings (SSSR count). The van der Waals surface area contributed by atoms with Crippen LogP contribution in [0.4, 0.5) is 0 Å². The standard InChI is InChI=1S/C18H22N6S.C3H4N2S.H2/c1-3-7-20-15(11-4-5-11)16-13(10-19)17-18(24(16)2)22-14(25-17)9-12-6-8-21-23-12;4-1-2-6-3-5;/h6,8,10,19-20H,3-5,7,9H2,1-2H3,(H,21,23);3,5H,2H2;1H. The van der Waals surface area contributed by atoms with Gasteiger partial charge in [-0.1, -0.05) is 18.7 Å². The average Bonchev–Trinajstić information content (AvgIpc) is 3.22. The average molecular weight is 457 g/mol. The SMILES string of the molecule is CCCNC(=C1CC1)c1c(C=N)c2sc(Cc3ccn[nH]3)nc2n1C.N#CCSC=N.[HH]. The Morgan fingerprint density at radius 2 is 2.29 bits per heavy atom. The number of rotatable bonds is 9. The molecule has 3 aromatic rings. The van der Waals surface area contributed by atoms with Crippen molar-refractivity contribution in [3.63, 3.8) is 0 Å². The predicted octanol–water partition coefficient (Wildman–Crippen LogP) is 4.55. The quantitative estimate of drug-likeness (QED) is 0.213. The normalized spacial score (nSPS) is 12.1. The lowest BCUT2D eigenvalue weighted by Crippen LogP contribution is -2.16. The van der Waals surface area contributed by atoms with Crippen LogP contribution in [0.25, 0.3) is 16.0 Å². The van der Waals surface area contributed by atoms with Crippen LogP contribution in [0.15, 0.2) is 17.8 Å². The van der Waals surface area contributed by atoms with Gasteiger partial charge in [-0.2, -0.15) is 10.4 Å². The minimum atomic E-state index is 0. The zero-order chi connectivity index (χ0) is 22.2. The lowest BCUT2D eigenvalue weighted by molar-refractivity contribution is 0.805. The molecule has 10 heteroatoms. The highest BCUT2D eigenvalue weighted by Crippen LogP contribution is 2.39. The molecule has 164 valence electrons. The Balaban J connectivity index is 0.000000461. The van der Waals surface area contributed by atoms with Crippen LogP contribution in [-0.2, 0) is 13.5 Å². The van der Waals surface area contributed by atoms with Crippen LogP contribution in [0.3, 0.4) is 0 Å². The van der Waals surface area contributed by atoms with E-state index < -0.39 is 0 Å². The fourth-order valence-electron chi connectivity index (χ4n) is 3.23. The van der Waals surface area contributed by atoms with Crippen LogP contribution in [0.2, 0.25) is 0 Å². The van der Waals surface area contributed by atoms with Crippen LogP contribution in [0.1, 0.15) is 49.6 Å². The number of allylic oxidation sites excluding steroid dienone is 1. The summed E-state index contributed by atoms with van der Waals surface area (Å²) in [5.41, 5.74) is 7.93. The number of nitriles is 1. The fourth-order valence-corrected chi connectivity index (χ4v) is 4.52. The molecule has 0 aliphatic heterocycles. The molecule has 3 heterocycles. The molecule has 1 fully saturated rings. The second-order valence-electron chi connectivity index (χ2n) is 6.98. The highest BCUT2D eigenvalue weighted by atomic mass is 32.2. The number of hydrogen-bond donors (Lipinski definition) is 4. The molecule has 4 N–H and O–H groups in total. The van der Waals surface area contributed by atoms with Crippen molar-refractivity contribution in [1.82, 2.24) is 25.1 Å². The van der Waals surface area contributed by atoms with Gasteiger partial charge < -0.3 is 20.7 Å². The third-order valence-electron chi connectivity index (χ3n) is 4.72. The number of nitrogens with zero attached hydrogens (tertiary/aromatic N) is 4. The van der Waals surface area contributed by atoms with Crippen LogP contribution in [0, 0.1) is 22.1 Å². The van der Waals surface area contributed by atoms with Gasteiger partial charge in [-0.15, -0.1) is 11.3 Å². The first-order valence-corrected chi connectivity index (χ1v) is 11.9. The molecule has 1 saturated carbocycles. The molecule has 0 radical (unpaired) electrons. The van der Waals surface area contributed by atoms with Crippen molar-refractivity contribution in [3.05, 3.63) is 39.8 Å². The second kappa shape index (κ2) is 10.9. The molecule has 8 nitrogen and oxygen atoms in total. The number of aromatic nitrogens is 4. The van der Waals surface area contributed by atoms with Gasteiger partial charge in [-0.05, 0) is 30.9 Å². The van der Waals surface area contributed by atoms with E-state index in [4.69, 9.17) is 21.1 Å². The van der Waals surface area contributed by atoms with Crippen molar-refractivity contribution >= 4 is 50.9 Å². The first kappa shape index (κ1) is 22.8. The molecule has 0 aromatic carbocycles. The molecule has 0 atom stereocenters. The summed E-state index contributed by atoms with van der Waals surface area (Å²) < 4.78 is 3.24. The van der Waals surface area contributed by atoms with Crippen molar-refractivity contribution in [2.45, 2.75) is 32.6 Å². The van der Waals surface area contributed by atoms with Gasteiger partial charge in [0.15, 0.2) is 5.65 Å². The Morgan fingerprint density at radius 3 is 2.84 bits per heavy atom. The third kappa shape index (κ3) is 5.42. The van der Waals surface area contributed by atoms with E-state index in [-0.39, 0.29) is 1.43 Å². The molecule has 1 aliphatic carbocycles. The number of H-pyrrole nitrogens is 1. The highest BCUT2D eigenvalue weighted by molar-refractivity contribution is 8.12. The molecule has 3 aromatic heterocycles. The number of nitrogens with one attached hydrogen (secondary N) is 4. The smallest absolute Gasteiger partial charge is 0.152 e. The first-order chi connectivity index (χ1) is 15.1. The van der Waals surface area contributed by atoms with E-state index in [1.807, 2.05) is 12.1 Å². The summed E-state index contributed by atoms with van der Waals surface area (Å²) in [7, 11) is 2.06. The third-order valence-corrected chi connectivity index (χ3v) is 6.26. The Bertz CT molecular complexity index is 1120. The molecule has 0 bridgehead atoms. The predicted molar refractivity (Wildman–Crippen MR) is 131 cm³/mol. The Hall–Kier alpha value is -2.90. The monoisotopic (exact) mass is 456 g/mol. The lowest BCUT2D eigenvalue weighted by atomic mass is 10.2. The summed E-state index contributed by atoms with van der Waals surface area (Å²) >= 11 is 2.86. The summed E-state index contributed by atoms with van der Waals surface area (Å²) in [5, 5.41) is 33.8. The lowest BCUT2D eigenvalue weighted by Gasteiger charge is -2.13. The van der Waals surface area contributed by atoms with Crippen LogP contribution in [0.5, 0.6) is 0 Å². The van der Waals surface area contributed by atoms with Gasteiger partial charge in [-0.25, -0.2) is 4.98 Å². The van der Waals surface area contributed by atoms with Gasteiger partial charge in [0, 0.05) is 45.1 Å². The second-order valence-corrected chi connectivity index (χ2v) is 8.92. The number of thioether (sulfide) groups is 1. The maximum Gasteiger partial charge on any atom is 0.152 e. The topological polar surface area (TPSA) is 130 Å². The van der Waals surface area contributed by atoms with E-state index in [0.717, 1.165) is 70.1 Å². The minimum Gasteiger partial charge on any atom is -0.383 e. The van der Waals surface area contributed by atoms with Crippen molar-refractivity contribution in [3.8, 4) is 6.07 Å². The van der Waals surface area contributed by atoms with E-state index >= 15 is 0 Å². The molecule has 0 spiro atoms. The zero-order valence-corrected chi connectivity index (χ0v) is 19.3. The first-order valence-electron chi connectivity index (χ1n) is 10.0. The summed E-state index contributed by atoms with van der Waals surface area (Å²) in [5.74, 6) is 0.392. The zero-order valence-electron chi connectivity index (χ0n) is 17.7. The maximum absolute atomic E-state index is 7.99. The van der Waals surface area contributed by atoms with Crippen LogP contribution in [-0.4, -0.2) is 43.8 Å². The van der Waals surface area contributed by atoms with Crippen molar-refractivity contribution in [2.75, 3.05) is 12.3 Å². The van der Waals surface area contributed by atoms with E-state index in [2.05, 4.69) is 34.1 Å². The van der Waals surface area contributed by atoms with E-state index in [9.17, 15) is 0 Å². The van der Waals surface area contributed by atoms with E-state index in [1.165, 1.54) is 29.2 Å². The van der Waals surface area contributed by atoms with Gasteiger partial charge in [0.25, 0.3) is 0 Å². The Morgan fingerprint density at radius 1 is 1.48 bits per heavy atom. The van der Waals surface area contributed by atoms with E-state index in [0.29, 0.717) is 5.75 Å². The molecule has 31 heavy (non-hydrogen) atoms. The number of thiazole rings is 1. The van der Waals surface area contributed by atoms with Crippen LogP contribution >= 0.6 is 23.1 Å². The number of hydrogen-bond acceptors (Lipinski definition) is 8. The Labute approximate surface area is 191 Å².